The fraction of sp³-hybridized carbons (Fsp3) is 0.533. The van der Waals surface area contributed by atoms with Gasteiger partial charge in [-0.25, -0.2) is 9.37 Å². The normalized spacial score (nSPS) is 29.2. The average molecular weight is 259 g/mol. The summed E-state index contributed by atoms with van der Waals surface area (Å²) in [5.41, 5.74) is 1.58. The molecule has 0 spiro atoms. The van der Waals surface area contributed by atoms with Crippen LogP contribution >= 0.6 is 0 Å². The van der Waals surface area contributed by atoms with Crippen molar-refractivity contribution in [3.05, 3.63) is 24.0 Å². The number of hydrogen-bond donors (Lipinski definition) is 2. The lowest BCUT2D eigenvalue weighted by Gasteiger charge is -2.21. The maximum atomic E-state index is 13.1. The quantitative estimate of drug-likeness (QED) is 0.885. The summed E-state index contributed by atoms with van der Waals surface area (Å²) < 4.78 is 13.1. The molecule has 3 unspecified atom stereocenters. The van der Waals surface area contributed by atoms with E-state index in [1.807, 2.05) is 0 Å². The molecule has 1 aromatic heterocycles. The van der Waals surface area contributed by atoms with E-state index in [1.54, 1.807) is 6.07 Å². The van der Waals surface area contributed by atoms with Gasteiger partial charge in [0.1, 0.15) is 5.82 Å². The van der Waals surface area contributed by atoms with Crippen molar-refractivity contribution in [2.45, 2.75) is 25.7 Å². The Hall–Kier alpha value is -1.58. The SMILES string of the molecule is Fc1ccc2nc(NCC3CC4CCC3C4)[nH]c2c1. The molecule has 2 aromatic rings. The molecular formula is C15H18FN3. The number of rotatable bonds is 3. The summed E-state index contributed by atoms with van der Waals surface area (Å²) in [5.74, 6) is 3.23. The van der Waals surface area contributed by atoms with Gasteiger partial charge in [0.05, 0.1) is 11.0 Å². The minimum atomic E-state index is -0.226. The Morgan fingerprint density at radius 2 is 2.26 bits per heavy atom. The molecule has 2 aliphatic carbocycles. The van der Waals surface area contributed by atoms with Crippen LogP contribution in [0.1, 0.15) is 25.7 Å². The molecule has 1 heterocycles. The van der Waals surface area contributed by atoms with Crippen LogP contribution in [-0.2, 0) is 0 Å². The molecule has 100 valence electrons. The number of aromatic nitrogens is 2. The molecule has 2 aliphatic rings. The van der Waals surface area contributed by atoms with Gasteiger partial charge in [-0.2, -0.15) is 0 Å². The highest BCUT2D eigenvalue weighted by molar-refractivity contribution is 5.77. The number of nitrogens with zero attached hydrogens (tertiary/aromatic N) is 1. The summed E-state index contributed by atoms with van der Waals surface area (Å²) in [5, 5.41) is 3.39. The molecule has 0 amide bonds. The second kappa shape index (κ2) is 4.22. The van der Waals surface area contributed by atoms with Gasteiger partial charge in [-0.1, -0.05) is 6.42 Å². The number of aromatic amines is 1. The molecule has 1 aromatic carbocycles. The van der Waals surface area contributed by atoms with Crippen LogP contribution in [0.5, 0.6) is 0 Å². The predicted octanol–water partition coefficient (Wildman–Crippen LogP) is 3.55. The molecule has 0 aliphatic heterocycles. The van der Waals surface area contributed by atoms with Gasteiger partial charge in [0.15, 0.2) is 0 Å². The Labute approximate surface area is 111 Å². The van der Waals surface area contributed by atoms with Gasteiger partial charge in [0.25, 0.3) is 0 Å². The van der Waals surface area contributed by atoms with E-state index in [0.29, 0.717) is 0 Å². The lowest BCUT2D eigenvalue weighted by Crippen LogP contribution is -2.20. The standard InChI is InChI=1S/C15H18FN3/c16-12-3-4-13-14(7-12)19-15(18-13)17-8-11-6-9-1-2-10(11)5-9/h3-4,7,9-11H,1-2,5-6,8H2,(H2,17,18,19). The average Bonchev–Trinajstić information content (AvgIpc) is 3.09. The van der Waals surface area contributed by atoms with E-state index in [2.05, 4.69) is 15.3 Å². The van der Waals surface area contributed by atoms with Crippen LogP contribution in [0.3, 0.4) is 0 Å². The first-order valence-corrected chi connectivity index (χ1v) is 7.17. The Balaban J connectivity index is 1.46. The molecule has 19 heavy (non-hydrogen) atoms. The summed E-state index contributed by atoms with van der Waals surface area (Å²) in [6.07, 6.45) is 5.64. The van der Waals surface area contributed by atoms with Crippen molar-refractivity contribution in [1.29, 1.82) is 0 Å². The van der Waals surface area contributed by atoms with Gasteiger partial charge >= 0.3 is 0 Å². The number of benzene rings is 1. The van der Waals surface area contributed by atoms with E-state index in [9.17, 15) is 4.39 Å². The zero-order valence-electron chi connectivity index (χ0n) is 10.8. The smallest absolute Gasteiger partial charge is 0.201 e. The summed E-state index contributed by atoms with van der Waals surface area (Å²) >= 11 is 0. The van der Waals surface area contributed by atoms with E-state index in [-0.39, 0.29) is 5.82 Å². The number of hydrogen-bond acceptors (Lipinski definition) is 2. The van der Waals surface area contributed by atoms with Gasteiger partial charge in [-0.15, -0.1) is 0 Å². The molecule has 2 bridgehead atoms. The maximum absolute atomic E-state index is 13.1. The molecule has 0 saturated heterocycles. The zero-order chi connectivity index (χ0) is 12.8. The number of imidazole rings is 1. The van der Waals surface area contributed by atoms with E-state index in [0.717, 1.165) is 41.3 Å². The lowest BCUT2D eigenvalue weighted by molar-refractivity contribution is 0.348. The topological polar surface area (TPSA) is 40.7 Å². The summed E-state index contributed by atoms with van der Waals surface area (Å²) in [4.78, 5) is 7.59. The van der Waals surface area contributed by atoms with Gasteiger partial charge in [0.2, 0.25) is 5.95 Å². The maximum Gasteiger partial charge on any atom is 0.201 e. The van der Waals surface area contributed by atoms with E-state index in [1.165, 1.54) is 37.8 Å². The molecule has 2 fully saturated rings. The van der Waals surface area contributed by atoms with Crippen LogP contribution < -0.4 is 5.32 Å². The third-order valence-corrected chi connectivity index (χ3v) is 4.86. The minimum Gasteiger partial charge on any atom is -0.356 e. The van der Waals surface area contributed by atoms with E-state index in [4.69, 9.17) is 0 Å². The lowest BCUT2D eigenvalue weighted by atomic mass is 9.89. The van der Waals surface area contributed by atoms with E-state index < -0.39 is 0 Å². The van der Waals surface area contributed by atoms with Crippen molar-refractivity contribution < 1.29 is 4.39 Å². The van der Waals surface area contributed by atoms with Gasteiger partial charge in [-0.3, -0.25) is 0 Å². The number of nitrogens with one attached hydrogen (secondary N) is 2. The molecule has 0 radical (unpaired) electrons. The minimum absolute atomic E-state index is 0.226. The van der Waals surface area contributed by atoms with Crippen molar-refractivity contribution in [2.24, 2.45) is 17.8 Å². The van der Waals surface area contributed by atoms with Gasteiger partial charge < -0.3 is 10.3 Å². The first-order chi connectivity index (χ1) is 9.28. The number of halogens is 1. The first-order valence-electron chi connectivity index (χ1n) is 7.17. The molecule has 3 atom stereocenters. The largest absolute Gasteiger partial charge is 0.356 e. The van der Waals surface area contributed by atoms with Crippen molar-refractivity contribution in [3.63, 3.8) is 0 Å². The van der Waals surface area contributed by atoms with Crippen molar-refractivity contribution in [2.75, 3.05) is 11.9 Å². The van der Waals surface area contributed by atoms with Crippen molar-refractivity contribution >= 4 is 17.0 Å². The Morgan fingerprint density at radius 3 is 3.05 bits per heavy atom. The van der Waals surface area contributed by atoms with Crippen molar-refractivity contribution in [1.82, 2.24) is 9.97 Å². The van der Waals surface area contributed by atoms with Crippen LogP contribution in [0.4, 0.5) is 10.3 Å². The molecule has 4 heteroatoms. The third kappa shape index (κ3) is 1.99. The summed E-state index contributed by atoms with van der Waals surface area (Å²) in [7, 11) is 0. The second-order valence-corrected chi connectivity index (χ2v) is 6.06. The second-order valence-electron chi connectivity index (χ2n) is 6.06. The van der Waals surface area contributed by atoms with Crippen LogP contribution in [-0.4, -0.2) is 16.5 Å². The highest BCUT2D eigenvalue weighted by Gasteiger charge is 2.39. The van der Waals surface area contributed by atoms with Gasteiger partial charge in [0, 0.05) is 6.54 Å². The zero-order valence-corrected chi connectivity index (χ0v) is 10.8. The number of fused-ring (bicyclic) bond motifs is 3. The molecule has 2 N–H and O–H groups in total. The van der Waals surface area contributed by atoms with Crippen LogP contribution in [0.2, 0.25) is 0 Å². The first kappa shape index (κ1) is 11.3. The van der Waals surface area contributed by atoms with Crippen LogP contribution in [0.25, 0.3) is 11.0 Å². The van der Waals surface area contributed by atoms with Crippen LogP contribution in [0.15, 0.2) is 18.2 Å². The Kier molecular flexibility index (Phi) is 2.50. The van der Waals surface area contributed by atoms with Gasteiger partial charge in [-0.05, 0) is 55.2 Å². The Bertz CT molecular complexity index is 606. The monoisotopic (exact) mass is 259 g/mol. The molecule has 2 saturated carbocycles. The summed E-state index contributed by atoms with van der Waals surface area (Å²) in [6.45, 7) is 0.990. The fourth-order valence-corrected chi connectivity index (χ4v) is 3.92. The van der Waals surface area contributed by atoms with Crippen LogP contribution in [0, 0.1) is 23.6 Å². The van der Waals surface area contributed by atoms with Crippen molar-refractivity contribution in [3.8, 4) is 0 Å². The predicted molar refractivity (Wildman–Crippen MR) is 73.5 cm³/mol. The fourth-order valence-electron chi connectivity index (χ4n) is 3.92. The molecule has 3 nitrogen and oxygen atoms in total. The summed E-state index contributed by atoms with van der Waals surface area (Å²) in [6, 6.07) is 4.65. The molecular weight excluding hydrogens is 241 g/mol. The number of anilines is 1. The van der Waals surface area contributed by atoms with E-state index >= 15 is 0 Å². The Morgan fingerprint density at radius 1 is 1.32 bits per heavy atom. The highest BCUT2D eigenvalue weighted by Crippen LogP contribution is 2.48. The highest BCUT2D eigenvalue weighted by atomic mass is 19.1. The number of H-pyrrole nitrogens is 1. The third-order valence-electron chi connectivity index (χ3n) is 4.86. The molecule has 4 rings (SSSR count).